The van der Waals surface area contributed by atoms with E-state index in [9.17, 15) is 13.6 Å². The second-order valence-corrected chi connectivity index (χ2v) is 5.88. The maximum atomic E-state index is 13.1. The van der Waals surface area contributed by atoms with Crippen LogP contribution in [0.3, 0.4) is 0 Å². The Morgan fingerprint density at radius 1 is 1.08 bits per heavy atom. The lowest BCUT2D eigenvalue weighted by Crippen LogP contribution is -2.24. The number of anilines is 1. The van der Waals surface area contributed by atoms with Crippen LogP contribution in [0, 0.1) is 11.6 Å². The maximum absolute atomic E-state index is 13.1. The van der Waals surface area contributed by atoms with E-state index in [1.54, 1.807) is 16.8 Å². The zero-order valence-corrected chi connectivity index (χ0v) is 13.5. The molecule has 132 valence electrons. The highest BCUT2D eigenvalue weighted by Gasteiger charge is 2.27. The zero-order chi connectivity index (χ0) is 18.1. The summed E-state index contributed by atoms with van der Waals surface area (Å²) in [7, 11) is 0. The minimum Gasteiger partial charge on any atom is -0.365 e. The van der Waals surface area contributed by atoms with Crippen molar-refractivity contribution in [2.24, 2.45) is 0 Å². The van der Waals surface area contributed by atoms with Crippen molar-refractivity contribution >= 4 is 11.6 Å². The van der Waals surface area contributed by atoms with E-state index in [-0.39, 0.29) is 30.0 Å². The molecule has 0 aliphatic carbocycles. The summed E-state index contributed by atoms with van der Waals surface area (Å²) in [6, 6.07) is 11.5. The Kier molecular flexibility index (Phi) is 4.18. The van der Waals surface area contributed by atoms with Gasteiger partial charge in [-0.1, -0.05) is 17.3 Å². The number of carbonyl (C=O) groups is 1. The van der Waals surface area contributed by atoms with Gasteiger partial charge < -0.3 is 10.1 Å². The fourth-order valence-corrected chi connectivity index (χ4v) is 2.79. The molecule has 8 heteroatoms. The third-order valence-electron chi connectivity index (χ3n) is 4.16. The van der Waals surface area contributed by atoms with Crippen LogP contribution in [0.25, 0.3) is 0 Å². The summed E-state index contributed by atoms with van der Waals surface area (Å²) in [6.45, 7) is 0.527. The molecule has 4 rings (SSSR count). The van der Waals surface area contributed by atoms with Gasteiger partial charge in [0, 0.05) is 5.69 Å². The van der Waals surface area contributed by atoms with E-state index in [0.29, 0.717) is 17.9 Å². The van der Waals surface area contributed by atoms with Gasteiger partial charge in [-0.25, -0.2) is 13.5 Å². The first-order valence-corrected chi connectivity index (χ1v) is 7.96. The van der Waals surface area contributed by atoms with Crippen molar-refractivity contribution in [3.63, 3.8) is 0 Å². The fraction of sp³-hybridized carbons (Fsp3) is 0.167. The van der Waals surface area contributed by atoms with Crippen LogP contribution in [-0.4, -0.2) is 20.9 Å². The fourth-order valence-electron chi connectivity index (χ4n) is 2.79. The number of aromatic nitrogens is 3. The molecule has 0 saturated carbocycles. The van der Waals surface area contributed by atoms with Gasteiger partial charge in [-0.2, -0.15) is 0 Å². The van der Waals surface area contributed by atoms with E-state index in [4.69, 9.17) is 4.74 Å². The number of rotatable bonds is 3. The molecule has 2 aromatic carbocycles. The molecule has 0 saturated heterocycles. The average molecular weight is 356 g/mol. The number of benzene rings is 2. The highest BCUT2D eigenvalue weighted by Crippen LogP contribution is 2.27. The third kappa shape index (κ3) is 3.18. The lowest BCUT2D eigenvalue weighted by Gasteiger charge is -2.24. The van der Waals surface area contributed by atoms with Crippen LogP contribution in [0.2, 0.25) is 0 Å². The Bertz CT molecular complexity index is 939. The largest absolute Gasteiger partial charge is 0.365 e. The van der Waals surface area contributed by atoms with Crippen molar-refractivity contribution in [1.82, 2.24) is 15.0 Å². The molecule has 0 fully saturated rings. The molecule has 26 heavy (non-hydrogen) atoms. The predicted molar refractivity (Wildman–Crippen MR) is 88.3 cm³/mol. The van der Waals surface area contributed by atoms with Crippen LogP contribution in [0.5, 0.6) is 0 Å². The van der Waals surface area contributed by atoms with Crippen molar-refractivity contribution in [2.75, 3.05) is 5.32 Å². The standard InChI is InChI=1S/C18H14F2N4O2/c19-12-3-1-11(2-4-12)16-9-24-15(10-26-16)17(22-23-24)18(25)21-14-7-5-13(20)6-8-14/h1-8,16H,9-10H2,(H,21,25). The molecule has 3 aromatic rings. The maximum Gasteiger partial charge on any atom is 0.278 e. The van der Waals surface area contributed by atoms with E-state index in [1.165, 1.54) is 36.4 Å². The van der Waals surface area contributed by atoms with E-state index < -0.39 is 5.91 Å². The quantitative estimate of drug-likeness (QED) is 0.783. The van der Waals surface area contributed by atoms with E-state index in [1.807, 2.05) is 0 Å². The first-order chi connectivity index (χ1) is 12.6. The van der Waals surface area contributed by atoms with Crippen LogP contribution >= 0.6 is 0 Å². The first-order valence-electron chi connectivity index (χ1n) is 7.96. The molecule has 1 atom stereocenters. The smallest absolute Gasteiger partial charge is 0.278 e. The van der Waals surface area contributed by atoms with Gasteiger partial charge in [0.25, 0.3) is 5.91 Å². The number of hydrogen-bond donors (Lipinski definition) is 1. The number of nitrogens with zero attached hydrogens (tertiary/aromatic N) is 3. The molecule has 1 unspecified atom stereocenters. The van der Waals surface area contributed by atoms with Gasteiger partial charge in [-0.3, -0.25) is 4.79 Å². The average Bonchev–Trinajstić information content (AvgIpc) is 3.07. The summed E-state index contributed by atoms with van der Waals surface area (Å²) in [5.41, 5.74) is 2.00. The number of carbonyl (C=O) groups excluding carboxylic acids is 1. The van der Waals surface area contributed by atoms with Crippen LogP contribution in [0.15, 0.2) is 48.5 Å². The molecule has 0 bridgehead atoms. The lowest BCUT2D eigenvalue weighted by atomic mass is 10.1. The highest BCUT2D eigenvalue weighted by molar-refractivity contribution is 6.03. The molecule has 1 aliphatic heterocycles. The van der Waals surface area contributed by atoms with Gasteiger partial charge in [0.15, 0.2) is 5.69 Å². The molecule has 0 radical (unpaired) electrons. The van der Waals surface area contributed by atoms with Gasteiger partial charge in [0.2, 0.25) is 0 Å². The van der Waals surface area contributed by atoms with Gasteiger partial charge in [0.1, 0.15) is 17.7 Å². The van der Waals surface area contributed by atoms with Gasteiger partial charge in [0.05, 0.1) is 18.8 Å². The number of amides is 1. The number of hydrogen-bond acceptors (Lipinski definition) is 4. The molecule has 6 nitrogen and oxygen atoms in total. The van der Waals surface area contributed by atoms with Gasteiger partial charge >= 0.3 is 0 Å². The first kappa shape index (κ1) is 16.3. The van der Waals surface area contributed by atoms with E-state index in [2.05, 4.69) is 15.6 Å². The number of fused-ring (bicyclic) bond motifs is 1. The van der Waals surface area contributed by atoms with Gasteiger partial charge in [-0.15, -0.1) is 5.10 Å². The highest BCUT2D eigenvalue weighted by atomic mass is 19.1. The SMILES string of the molecule is O=C(Nc1ccc(F)cc1)c1nnn2c1COC(c1ccc(F)cc1)C2. The summed E-state index contributed by atoms with van der Waals surface area (Å²) in [5, 5.41) is 10.6. The van der Waals surface area contributed by atoms with Crippen molar-refractivity contribution in [1.29, 1.82) is 0 Å². The molecule has 1 N–H and O–H groups in total. The Balaban J connectivity index is 1.51. The minimum absolute atomic E-state index is 0.154. The topological polar surface area (TPSA) is 69.0 Å². The minimum atomic E-state index is -0.443. The zero-order valence-electron chi connectivity index (χ0n) is 13.5. The summed E-state index contributed by atoms with van der Waals surface area (Å²) in [4.78, 5) is 12.4. The molecule has 2 heterocycles. The van der Waals surface area contributed by atoms with Crippen LogP contribution in [0.4, 0.5) is 14.5 Å². The summed E-state index contributed by atoms with van der Waals surface area (Å²) in [5.74, 6) is -1.14. The Morgan fingerprint density at radius 3 is 2.42 bits per heavy atom. The van der Waals surface area contributed by atoms with Crippen molar-refractivity contribution in [3.8, 4) is 0 Å². The summed E-state index contributed by atoms with van der Waals surface area (Å²) < 4.78 is 33.4. The van der Waals surface area contributed by atoms with Crippen molar-refractivity contribution in [3.05, 3.63) is 77.1 Å². The second-order valence-electron chi connectivity index (χ2n) is 5.88. The number of ether oxygens (including phenoxy) is 1. The lowest BCUT2D eigenvalue weighted by molar-refractivity contribution is -0.00174. The Hall–Kier alpha value is -3.13. The van der Waals surface area contributed by atoms with Crippen LogP contribution in [-0.2, 0) is 17.9 Å². The predicted octanol–water partition coefficient (Wildman–Crippen LogP) is 3.08. The molecular formula is C18H14F2N4O2. The molecule has 0 spiro atoms. The Labute approximate surface area is 147 Å². The van der Waals surface area contributed by atoms with Crippen molar-refractivity contribution < 1.29 is 18.3 Å². The Morgan fingerprint density at radius 2 is 1.73 bits per heavy atom. The normalized spacial score (nSPS) is 16.2. The second kappa shape index (κ2) is 6.64. The third-order valence-corrected chi connectivity index (χ3v) is 4.16. The van der Waals surface area contributed by atoms with Crippen molar-refractivity contribution in [2.45, 2.75) is 19.3 Å². The summed E-state index contributed by atoms with van der Waals surface area (Å²) in [6.07, 6.45) is -0.294. The molecule has 1 aliphatic rings. The monoisotopic (exact) mass is 356 g/mol. The molecular weight excluding hydrogens is 342 g/mol. The molecule has 1 amide bonds. The number of nitrogens with one attached hydrogen (secondary N) is 1. The van der Waals surface area contributed by atoms with Gasteiger partial charge in [-0.05, 0) is 42.0 Å². The van der Waals surface area contributed by atoms with E-state index in [0.717, 1.165) is 5.56 Å². The van der Waals surface area contributed by atoms with E-state index >= 15 is 0 Å². The number of halogens is 2. The summed E-state index contributed by atoms with van der Waals surface area (Å²) >= 11 is 0. The molecule has 1 aromatic heterocycles. The van der Waals surface area contributed by atoms with Crippen LogP contribution in [0.1, 0.15) is 27.8 Å². The van der Waals surface area contributed by atoms with Crippen LogP contribution < -0.4 is 5.32 Å².